The standard InChI is InChI=1S/C16H20N2O5/c1-2-22-16(21)23-13-7-5-11(6-8-13)15(20)18-12-4-3-9-17-14(19)10-12/h5-8,12H,2-4,9-10H2,1H3,(H,17,19)(H,18,20). The fourth-order valence-electron chi connectivity index (χ4n) is 2.28. The van der Waals surface area contributed by atoms with E-state index in [4.69, 9.17) is 4.74 Å². The van der Waals surface area contributed by atoms with Crippen molar-refractivity contribution >= 4 is 18.0 Å². The number of rotatable bonds is 4. The van der Waals surface area contributed by atoms with E-state index < -0.39 is 6.16 Å². The first-order valence-corrected chi connectivity index (χ1v) is 7.60. The predicted octanol–water partition coefficient (Wildman–Crippen LogP) is 1.62. The van der Waals surface area contributed by atoms with E-state index in [1.54, 1.807) is 19.1 Å². The highest BCUT2D eigenvalue weighted by Gasteiger charge is 2.19. The summed E-state index contributed by atoms with van der Waals surface area (Å²) in [4.78, 5) is 34.9. The Morgan fingerprint density at radius 3 is 2.74 bits per heavy atom. The molecule has 2 N–H and O–H groups in total. The first-order valence-electron chi connectivity index (χ1n) is 7.60. The van der Waals surface area contributed by atoms with Crippen molar-refractivity contribution in [1.29, 1.82) is 0 Å². The Morgan fingerprint density at radius 1 is 1.30 bits per heavy atom. The quantitative estimate of drug-likeness (QED) is 0.649. The van der Waals surface area contributed by atoms with Crippen LogP contribution in [-0.2, 0) is 9.53 Å². The number of benzene rings is 1. The smallest absolute Gasteiger partial charge is 0.434 e. The summed E-state index contributed by atoms with van der Waals surface area (Å²) in [5, 5.41) is 5.63. The van der Waals surface area contributed by atoms with Crippen molar-refractivity contribution in [2.75, 3.05) is 13.2 Å². The lowest BCUT2D eigenvalue weighted by atomic mass is 10.1. The summed E-state index contributed by atoms with van der Waals surface area (Å²) in [6.45, 7) is 2.56. The maximum atomic E-state index is 12.2. The largest absolute Gasteiger partial charge is 0.513 e. The molecule has 1 aliphatic heterocycles. The van der Waals surface area contributed by atoms with Crippen LogP contribution in [0.25, 0.3) is 0 Å². The molecule has 7 heteroatoms. The first-order chi connectivity index (χ1) is 11.1. The van der Waals surface area contributed by atoms with Crippen molar-refractivity contribution in [3.8, 4) is 5.75 Å². The Labute approximate surface area is 134 Å². The summed E-state index contributed by atoms with van der Waals surface area (Å²) < 4.78 is 9.59. The van der Waals surface area contributed by atoms with Crippen LogP contribution in [0, 0.1) is 0 Å². The van der Waals surface area contributed by atoms with E-state index in [0.29, 0.717) is 17.9 Å². The second-order valence-corrected chi connectivity index (χ2v) is 5.18. The highest BCUT2D eigenvalue weighted by atomic mass is 16.7. The summed E-state index contributed by atoms with van der Waals surface area (Å²) in [7, 11) is 0. The maximum absolute atomic E-state index is 12.2. The monoisotopic (exact) mass is 320 g/mol. The van der Waals surface area contributed by atoms with Gasteiger partial charge in [-0.15, -0.1) is 0 Å². The molecule has 1 unspecified atom stereocenters. The molecular formula is C16H20N2O5. The molecule has 23 heavy (non-hydrogen) atoms. The SMILES string of the molecule is CCOC(=O)Oc1ccc(C(=O)NC2CCCNC(=O)C2)cc1. The third-order valence-electron chi connectivity index (χ3n) is 3.40. The maximum Gasteiger partial charge on any atom is 0.513 e. The van der Waals surface area contributed by atoms with E-state index in [0.717, 1.165) is 12.8 Å². The molecule has 0 aliphatic carbocycles. The average molecular weight is 320 g/mol. The van der Waals surface area contributed by atoms with Gasteiger partial charge in [0.25, 0.3) is 5.91 Å². The molecule has 1 aliphatic rings. The minimum absolute atomic E-state index is 0.0500. The van der Waals surface area contributed by atoms with Crippen molar-refractivity contribution in [2.24, 2.45) is 0 Å². The van der Waals surface area contributed by atoms with Gasteiger partial charge in [-0.1, -0.05) is 0 Å². The van der Waals surface area contributed by atoms with E-state index in [9.17, 15) is 14.4 Å². The molecule has 2 rings (SSSR count). The predicted molar refractivity (Wildman–Crippen MR) is 82.2 cm³/mol. The lowest BCUT2D eigenvalue weighted by Crippen LogP contribution is -2.36. The Balaban J connectivity index is 1.91. The van der Waals surface area contributed by atoms with Gasteiger partial charge in [0.15, 0.2) is 0 Å². The minimum Gasteiger partial charge on any atom is -0.434 e. The molecule has 1 heterocycles. The number of carbonyl (C=O) groups is 3. The van der Waals surface area contributed by atoms with Crippen LogP contribution in [0.2, 0.25) is 0 Å². The van der Waals surface area contributed by atoms with Crippen LogP contribution < -0.4 is 15.4 Å². The molecule has 0 saturated carbocycles. The molecule has 0 spiro atoms. The fraction of sp³-hybridized carbons (Fsp3) is 0.438. The Morgan fingerprint density at radius 2 is 2.04 bits per heavy atom. The molecule has 124 valence electrons. The molecule has 1 fully saturated rings. The normalized spacial score (nSPS) is 17.6. The van der Waals surface area contributed by atoms with Crippen molar-refractivity contribution in [2.45, 2.75) is 32.2 Å². The van der Waals surface area contributed by atoms with E-state index >= 15 is 0 Å². The number of amides is 2. The fourth-order valence-corrected chi connectivity index (χ4v) is 2.28. The first kappa shape index (κ1) is 16.8. The second-order valence-electron chi connectivity index (χ2n) is 5.18. The van der Waals surface area contributed by atoms with Crippen LogP contribution in [0.1, 0.15) is 36.5 Å². The van der Waals surface area contributed by atoms with Crippen molar-refractivity contribution in [1.82, 2.24) is 10.6 Å². The van der Waals surface area contributed by atoms with Gasteiger partial charge in [-0.25, -0.2) is 4.79 Å². The third kappa shape index (κ3) is 5.28. The molecule has 1 atom stereocenters. The van der Waals surface area contributed by atoms with E-state index in [1.807, 2.05) is 0 Å². The summed E-state index contributed by atoms with van der Waals surface area (Å²) in [5.74, 6) is -0.00721. The second kappa shape index (κ2) is 8.17. The number of carbonyl (C=O) groups excluding carboxylic acids is 3. The van der Waals surface area contributed by atoms with Crippen molar-refractivity contribution in [3.05, 3.63) is 29.8 Å². The Bertz CT molecular complexity index is 570. The van der Waals surface area contributed by atoms with Gasteiger partial charge >= 0.3 is 6.16 Å². The van der Waals surface area contributed by atoms with Crippen LogP contribution in [0.4, 0.5) is 4.79 Å². The molecule has 0 bridgehead atoms. The highest BCUT2D eigenvalue weighted by molar-refractivity contribution is 5.94. The molecule has 1 aromatic rings. The highest BCUT2D eigenvalue weighted by Crippen LogP contribution is 2.14. The zero-order valence-corrected chi connectivity index (χ0v) is 13.0. The lowest BCUT2D eigenvalue weighted by molar-refractivity contribution is -0.121. The third-order valence-corrected chi connectivity index (χ3v) is 3.40. The zero-order valence-electron chi connectivity index (χ0n) is 13.0. The van der Waals surface area contributed by atoms with Crippen molar-refractivity contribution < 1.29 is 23.9 Å². The van der Waals surface area contributed by atoms with E-state index in [1.165, 1.54) is 12.1 Å². The molecule has 1 aromatic carbocycles. The van der Waals surface area contributed by atoms with Gasteiger partial charge in [-0.2, -0.15) is 0 Å². The van der Waals surface area contributed by atoms with Gasteiger partial charge in [-0.05, 0) is 44.0 Å². The molecule has 7 nitrogen and oxygen atoms in total. The van der Waals surface area contributed by atoms with Crippen LogP contribution in [0.5, 0.6) is 5.75 Å². The number of hydrogen-bond acceptors (Lipinski definition) is 5. The number of hydrogen-bond donors (Lipinski definition) is 2. The molecular weight excluding hydrogens is 300 g/mol. The van der Waals surface area contributed by atoms with E-state index in [-0.39, 0.29) is 30.9 Å². The van der Waals surface area contributed by atoms with Crippen LogP contribution in [-0.4, -0.2) is 37.2 Å². The van der Waals surface area contributed by atoms with Gasteiger partial charge in [0.05, 0.1) is 6.61 Å². The molecule has 2 amide bonds. The lowest BCUT2D eigenvalue weighted by Gasteiger charge is -2.15. The van der Waals surface area contributed by atoms with Gasteiger partial charge in [0.2, 0.25) is 5.91 Å². The summed E-state index contributed by atoms with van der Waals surface area (Å²) in [5.41, 5.74) is 0.436. The Hall–Kier alpha value is -2.57. The van der Waals surface area contributed by atoms with Crippen molar-refractivity contribution in [3.63, 3.8) is 0 Å². The Kier molecular flexibility index (Phi) is 5.96. The summed E-state index contributed by atoms with van der Waals surface area (Å²) in [6, 6.07) is 5.99. The van der Waals surface area contributed by atoms with Gasteiger partial charge in [-0.3, -0.25) is 9.59 Å². The topological polar surface area (TPSA) is 93.7 Å². The summed E-state index contributed by atoms with van der Waals surface area (Å²) in [6.07, 6.45) is 1.10. The van der Waals surface area contributed by atoms with E-state index in [2.05, 4.69) is 15.4 Å². The molecule has 1 saturated heterocycles. The van der Waals surface area contributed by atoms with Crippen LogP contribution in [0.3, 0.4) is 0 Å². The molecule has 0 aromatic heterocycles. The minimum atomic E-state index is -0.783. The van der Waals surface area contributed by atoms with Crippen LogP contribution >= 0.6 is 0 Å². The van der Waals surface area contributed by atoms with Gasteiger partial charge < -0.3 is 20.1 Å². The van der Waals surface area contributed by atoms with Gasteiger partial charge in [0, 0.05) is 24.6 Å². The number of nitrogens with one attached hydrogen (secondary N) is 2. The summed E-state index contributed by atoms with van der Waals surface area (Å²) >= 11 is 0. The number of ether oxygens (including phenoxy) is 2. The molecule has 0 radical (unpaired) electrons. The average Bonchev–Trinajstić information content (AvgIpc) is 2.72. The zero-order chi connectivity index (χ0) is 16.7. The van der Waals surface area contributed by atoms with Gasteiger partial charge in [0.1, 0.15) is 5.75 Å². The van der Waals surface area contributed by atoms with Crippen LogP contribution in [0.15, 0.2) is 24.3 Å².